The van der Waals surface area contributed by atoms with Gasteiger partial charge in [-0.05, 0) is 32.0 Å². The van der Waals surface area contributed by atoms with Crippen molar-refractivity contribution in [2.75, 3.05) is 59.9 Å². The van der Waals surface area contributed by atoms with Crippen molar-refractivity contribution >= 4 is 11.9 Å². The number of rotatable bonds is 6. The summed E-state index contributed by atoms with van der Waals surface area (Å²) >= 11 is 0. The first-order valence-electron chi connectivity index (χ1n) is 10.8. The first-order valence-corrected chi connectivity index (χ1v) is 10.8. The fraction of sp³-hybridized carbons (Fsp3) is 0.636. The molecule has 1 aromatic rings. The number of hydrogen-bond acceptors (Lipinski definition) is 4. The highest BCUT2D eigenvalue weighted by Gasteiger charge is 2.28. The van der Waals surface area contributed by atoms with Crippen LogP contribution in [-0.4, -0.2) is 97.5 Å². The SMILES string of the molecule is CN1CCCC(N2CCN(C(=O)CCNC(=O)N(C)Cc3ccccc3)CC2)C1. The Labute approximate surface area is 174 Å². The summed E-state index contributed by atoms with van der Waals surface area (Å²) in [5.74, 6) is 0.136. The van der Waals surface area contributed by atoms with E-state index in [9.17, 15) is 9.59 Å². The molecule has 2 fully saturated rings. The van der Waals surface area contributed by atoms with Crippen molar-refractivity contribution in [2.24, 2.45) is 0 Å². The molecule has 1 atom stereocenters. The summed E-state index contributed by atoms with van der Waals surface area (Å²) in [5, 5.41) is 2.86. The van der Waals surface area contributed by atoms with Gasteiger partial charge >= 0.3 is 6.03 Å². The maximum Gasteiger partial charge on any atom is 0.317 e. The van der Waals surface area contributed by atoms with Crippen LogP contribution in [0.5, 0.6) is 0 Å². The Bertz CT molecular complexity index is 660. The van der Waals surface area contributed by atoms with Crippen LogP contribution in [-0.2, 0) is 11.3 Å². The summed E-state index contributed by atoms with van der Waals surface area (Å²) in [5.41, 5.74) is 1.09. The van der Waals surface area contributed by atoms with E-state index in [0.29, 0.717) is 25.6 Å². The van der Waals surface area contributed by atoms with E-state index in [4.69, 9.17) is 0 Å². The molecule has 0 spiro atoms. The maximum absolute atomic E-state index is 12.5. The molecular weight excluding hydrogens is 366 g/mol. The average Bonchev–Trinajstić information content (AvgIpc) is 2.74. The van der Waals surface area contributed by atoms with Gasteiger partial charge in [-0.25, -0.2) is 4.79 Å². The van der Waals surface area contributed by atoms with E-state index in [1.54, 1.807) is 11.9 Å². The third kappa shape index (κ3) is 6.44. The summed E-state index contributed by atoms with van der Waals surface area (Å²) in [4.78, 5) is 33.3. The summed E-state index contributed by atoms with van der Waals surface area (Å²) in [6.07, 6.45) is 2.89. The molecular formula is C22H35N5O2. The quantitative estimate of drug-likeness (QED) is 0.784. The van der Waals surface area contributed by atoms with E-state index >= 15 is 0 Å². The first-order chi connectivity index (χ1) is 14.0. The van der Waals surface area contributed by atoms with Crippen LogP contribution in [0.4, 0.5) is 4.79 Å². The number of nitrogens with one attached hydrogen (secondary N) is 1. The molecule has 29 heavy (non-hydrogen) atoms. The zero-order valence-electron chi connectivity index (χ0n) is 17.8. The lowest BCUT2D eigenvalue weighted by Crippen LogP contribution is -2.55. The molecule has 0 aliphatic carbocycles. The molecule has 1 unspecified atom stereocenters. The Morgan fingerprint density at radius 3 is 2.52 bits per heavy atom. The van der Waals surface area contributed by atoms with Crippen LogP contribution in [0.25, 0.3) is 0 Å². The molecule has 2 aliphatic heterocycles. The third-order valence-corrected chi connectivity index (χ3v) is 6.01. The van der Waals surface area contributed by atoms with Crippen molar-refractivity contribution < 1.29 is 9.59 Å². The zero-order chi connectivity index (χ0) is 20.6. The van der Waals surface area contributed by atoms with Crippen LogP contribution < -0.4 is 5.32 Å². The van der Waals surface area contributed by atoms with Crippen LogP contribution in [0.15, 0.2) is 30.3 Å². The number of piperazine rings is 1. The molecule has 2 saturated heterocycles. The Balaban J connectivity index is 1.33. The topological polar surface area (TPSA) is 59.1 Å². The molecule has 0 aromatic heterocycles. The van der Waals surface area contributed by atoms with Crippen LogP contribution in [0.2, 0.25) is 0 Å². The predicted octanol–water partition coefficient (Wildman–Crippen LogP) is 1.46. The van der Waals surface area contributed by atoms with Gasteiger partial charge in [0.2, 0.25) is 5.91 Å². The van der Waals surface area contributed by atoms with Crippen LogP contribution in [0.3, 0.4) is 0 Å². The Morgan fingerprint density at radius 1 is 1.10 bits per heavy atom. The molecule has 2 heterocycles. The molecule has 1 N–H and O–H groups in total. The number of nitrogens with zero attached hydrogens (tertiary/aromatic N) is 4. The predicted molar refractivity (Wildman–Crippen MR) is 115 cm³/mol. The number of hydrogen-bond donors (Lipinski definition) is 1. The number of urea groups is 1. The summed E-state index contributed by atoms with van der Waals surface area (Å²) in [6, 6.07) is 10.4. The smallest absolute Gasteiger partial charge is 0.317 e. The number of amides is 3. The summed E-state index contributed by atoms with van der Waals surface area (Å²) in [7, 11) is 3.96. The van der Waals surface area contributed by atoms with Gasteiger partial charge in [-0.15, -0.1) is 0 Å². The fourth-order valence-electron chi connectivity index (χ4n) is 4.27. The van der Waals surface area contributed by atoms with Gasteiger partial charge in [-0.1, -0.05) is 30.3 Å². The highest BCUT2D eigenvalue weighted by atomic mass is 16.2. The van der Waals surface area contributed by atoms with Gasteiger partial charge < -0.3 is 20.0 Å². The number of carbonyl (C=O) groups is 2. The van der Waals surface area contributed by atoms with Crippen LogP contribution in [0.1, 0.15) is 24.8 Å². The standard InChI is InChI=1S/C22H35N5O2/c1-24-12-6-9-20(18-24)26-13-15-27(16-14-26)21(28)10-11-23-22(29)25(2)17-19-7-4-3-5-8-19/h3-5,7-8,20H,6,9-18H2,1-2H3,(H,23,29). The van der Waals surface area contributed by atoms with Gasteiger partial charge in [0.05, 0.1) is 0 Å². The van der Waals surface area contributed by atoms with Crippen molar-refractivity contribution in [3.8, 4) is 0 Å². The van der Waals surface area contributed by atoms with E-state index in [-0.39, 0.29) is 11.9 Å². The summed E-state index contributed by atoms with van der Waals surface area (Å²) in [6.45, 7) is 6.76. The highest BCUT2D eigenvalue weighted by Crippen LogP contribution is 2.17. The molecule has 3 amide bonds. The number of likely N-dealkylation sites (N-methyl/N-ethyl adjacent to an activating group) is 1. The second-order valence-corrected chi connectivity index (χ2v) is 8.30. The summed E-state index contributed by atoms with van der Waals surface area (Å²) < 4.78 is 0. The van der Waals surface area contributed by atoms with Crippen molar-refractivity contribution in [1.82, 2.24) is 24.9 Å². The lowest BCUT2D eigenvalue weighted by molar-refractivity contribution is -0.133. The lowest BCUT2D eigenvalue weighted by Gasteiger charge is -2.42. The second kappa shape index (κ2) is 10.6. The molecule has 3 rings (SSSR count). The minimum absolute atomic E-state index is 0.136. The molecule has 7 nitrogen and oxygen atoms in total. The largest absolute Gasteiger partial charge is 0.340 e. The Kier molecular flexibility index (Phi) is 7.89. The van der Waals surface area contributed by atoms with Gasteiger partial charge in [0.15, 0.2) is 0 Å². The van der Waals surface area contributed by atoms with E-state index in [1.807, 2.05) is 35.2 Å². The number of likely N-dealkylation sites (tertiary alicyclic amines) is 1. The molecule has 7 heteroatoms. The number of carbonyl (C=O) groups excluding carboxylic acids is 2. The van der Waals surface area contributed by atoms with E-state index in [1.165, 1.54) is 19.4 Å². The van der Waals surface area contributed by atoms with Crippen molar-refractivity contribution in [2.45, 2.75) is 31.8 Å². The van der Waals surface area contributed by atoms with Crippen LogP contribution >= 0.6 is 0 Å². The van der Waals surface area contributed by atoms with Gasteiger partial charge in [0.25, 0.3) is 0 Å². The van der Waals surface area contributed by atoms with Crippen LogP contribution in [0, 0.1) is 0 Å². The van der Waals surface area contributed by atoms with E-state index in [0.717, 1.165) is 38.3 Å². The minimum Gasteiger partial charge on any atom is -0.340 e. The van der Waals surface area contributed by atoms with E-state index < -0.39 is 0 Å². The highest BCUT2D eigenvalue weighted by molar-refractivity contribution is 5.78. The molecule has 0 saturated carbocycles. The second-order valence-electron chi connectivity index (χ2n) is 8.30. The lowest BCUT2D eigenvalue weighted by atomic mass is 10.0. The Morgan fingerprint density at radius 2 is 1.83 bits per heavy atom. The minimum atomic E-state index is -0.145. The fourth-order valence-corrected chi connectivity index (χ4v) is 4.27. The molecule has 0 radical (unpaired) electrons. The normalized spacial score (nSPS) is 21.0. The van der Waals surface area contributed by atoms with Gasteiger partial charge in [0.1, 0.15) is 0 Å². The third-order valence-electron chi connectivity index (χ3n) is 6.01. The van der Waals surface area contributed by atoms with E-state index in [2.05, 4.69) is 22.2 Å². The first kappa shape index (κ1) is 21.6. The monoisotopic (exact) mass is 401 g/mol. The average molecular weight is 402 g/mol. The molecule has 2 aliphatic rings. The van der Waals surface area contributed by atoms with Gasteiger partial charge in [-0.2, -0.15) is 0 Å². The number of benzene rings is 1. The van der Waals surface area contributed by atoms with Gasteiger partial charge in [0, 0.05) is 65.3 Å². The van der Waals surface area contributed by atoms with Gasteiger partial charge in [-0.3, -0.25) is 9.69 Å². The van der Waals surface area contributed by atoms with Crippen molar-refractivity contribution in [3.63, 3.8) is 0 Å². The van der Waals surface area contributed by atoms with Crippen molar-refractivity contribution in [3.05, 3.63) is 35.9 Å². The molecule has 1 aromatic carbocycles. The zero-order valence-corrected chi connectivity index (χ0v) is 17.8. The Hall–Kier alpha value is -2.12. The molecule has 160 valence electrons. The maximum atomic E-state index is 12.5. The van der Waals surface area contributed by atoms with Crippen molar-refractivity contribution in [1.29, 1.82) is 0 Å². The number of piperidine rings is 1. The molecule has 0 bridgehead atoms.